The van der Waals surface area contributed by atoms with Gasteiger partial charge in [-0.25, -0.2) is 0 Å². The number of nitrogens with zero attached hydrogens (tertiary/aromatic N) is 1. The van der Waals surface area contributed by atoms with Gasteiger partial charge in [-0.1, -0.05) is 12.1 Å². The molecule has 2 N–H and O–H groups in total. The number of amides is 1. The molecule has 33 heavy (non-hydrogen) atoms. The van der Waals surface area contributed by atoms with Gasteiger partial charge in [0, 0.05) is 23.7 Å². The van der Waals surface area contributed by atoms with Crippen LogP contribution >= 0.6 is 0 Å². The predicted octanol–water partition coefficient (Wildman–Crippen LogP) is 5.05. The average molecular weight is 467 g/mol. The second kappa shape index (κ2) is 11.6. The van der Waals surface area contributed by atoms with Crippen LogP contribution in [-0.2, 0) is 4.79 Å². The van der Waals surface area contributed by atoms with Crippen LogP contribution in [0.3, 0.4) is 0 Å². The zero-order valence-corrected chi connectivity index (χ0v) is 17.9. The second-order valence-corrected chi connectivity index (χ2v) is 7.55. The molecule has 2 aromatic rings. The van der Waals surface area contributed by atoms with Crippen LogP contribution < -0.4 is 20.1 Å². The van der Waals surface area contributed by atoms with Gasteiger partial charge < -0.3 is 25.0 Å². The highest BCUT2D eigenvalue weighted by atomic mass is 19.3. The van der Waals surface area contributed by atoms with Crippen LogP contribution in [0.15, 0.2) is 48.5 Å². The molecule has 10 heteroatoms. The van der Waals surface area contributed by atoms with Gasteiger partial charge in [-0.2, -0.15) is 17.6 Å². The summed E-state index contributed by atoms with van der Waals surface area (Å²) in [6, 6.07) is 10.9. The minimum absolute atomic E-state index is 0.102. The fraction of sp³-hybridized carbons (Fsp3) is 0.348. The van der Waals surface area contributed by atoms with Crippen molar-refractivity contribution in [1.82, 2.24) is 4.90 Å². The molecule has 1 aliphatic heterocycles. The highest BCUT2D eigenvalue weighted by Crippen LogP contribution is 2.29. The second-order valence-electron chi connectivity index (χ2n) is 7.55. The summed E-state index contributed by atoms with van der Waals surface area (Å²) in [6.45, 7) is -4.32. The Kier molecular flexibility index (Phi) is 8.53. The number of ether oxygens (including phenoxy) is 2. The molecule has 1 fully saturated rings. The largest absolute Gasteiger partial charge is 0.435 e. The Bertz CT molecular complexity index is 964. The Balaban J connectivity index is 1.69. The monoisotopic (exact) mass is 467 g/mol. The predicted molar refractivity (Wildman–Crippen MR) is 118 cm³/mol. The first-order chi connectivity index (χ1) is 15.8. The van der Waals surface area contributed by atoms with E-state index in [9.17, 15) is 22.4 Å². The lowest BCUT2D eigenvalue weighted by atomic mass is 10.0. The number of alkyl halides is 4. The zero-order valence-electron chi connectivity index (χ0n) is 17.9. The molecule has 0 bridgehead atoms. The number of benzene rings is 2. The van der Waals surface area contributed by atoms with Crippen LogP contribution in [0.2, 0.25) is 0 Å². The Labute approximate surface area is 189 Å². The molecule has 1 heterocycles. The molecule has 3 rings (SSSR count). The molecule has 178 valence electrons. The molecule has 2 aromatic carbocycles. The van der Waals surface area contributed by atoms with Crippen LogP contribution in [0.5, 0.6) is 11.5 Å². The Morgan fingerprint density at radius 1 is 1.03 bits per heavy atom. The van der Waals surface area contributed by atoms with Gasteiger partial charge in [0.2, 0.25) is 5.91 Å². The van der Waals surface area contributed by atoms with E-state index < -0.39 is 24.9 Å². The number of nitrogens with one attached hydrogen (secondary N) is 2. The number of hydrogen-bond acceptors (Lipinski definition) is 5. The molecule has 0 spiro atoms. The number of halogens is 4. The molecule has 0 saturated carbocycles. The molecular weight excluding hydrogens is 442 g/mol. The highest BCUT2D eigenvalue weighted by molar-refractivity contribution is 6.03. The number of carbonyl (C=O) groups excluding carboxylic acids is 1. The maximum absolute atomic E-state index is 12.7. The smallest absolute Gasteiger partial charge is 0.387 e. The first-order valence-electron chi connectivity index (χ1n) is 10.4. The minimum Gasteiger partial charge on any atom is -0.435 e. The van der Waals surface area contributed by atoms with Crippen molar-refractivity contribution in [3.63, 3.8) is 0 Å². The van der Waals surface area contributed by atoms with Crippen molar-refractivity contribution in [3.8, 4) is 11.5 Å². The van der Waals surface area contributed by atoms with E-state index in [1.807, 2.05) is 12.1 Å². The normalized spacial score (nSPS) is 15.2. The SMILES string of the molecule is CN1CCC(Nc2ccccc2NC(=O)C=Cc2ccc(OC(F)F)cc2OC(F)F)CC1. The third-order valence-corrected chi connectivity index (χ3v) is 5.10. The average Bonchev–Trinajstić information content (AvgIpc) is 2.75. The molecular formula is C23H25F4N3O3. The number of likely N-dealkylation sites (tertiary alicyclic amines) is 1. The summed E-state index contributed by atoms with van der Waals surface area (Å²) in [6.07, 6.45) is 4.37. The lowest BCUT2D eigenvalue weighted by Gasteiger charge is -2.30. The maximum Gasteiger partial charge on any atom is 0.387 e. The lowest BCUT2D eigenvalue weighted by Crippen LogP contribution is -2.36. The van der Waals surface area contributed by atoms with Crippen molar-refractivity contribution in [1.29, 1.82) is 0 Å². The van der Waals surface area contributed by atoms with Gasteiger partial charge >= 0.3 is 13.2 Å². The number of rotatable bonds is 9. The van der Waals surface area contributed by atoms with E-state index in [0.29, 0.717) is 5.69 Å². The molecule has 1 amide bonds. The van der Waals surface area contributed by atoms with Crippen molar-refractivity contribution >= 4 is 23.4 Å². The fourth-order valence-electron chi connectivity index (χ4n) is 3.46. The molecule has 0 atom stereocenters. The van der Waals surface area contributed by atoms with Crippen LogP contribution in [0.25, 0.3) is 6.08 Å². The Morgan fingerprint density at radius 3 is 2.36 bits per heavy atom. The summed E-state index contributed by atoms with van der Waals surface area (Å²) in [5, 5.41) is 6.22. The van der Waals surface area contributed by atoms with E-state index in [2.05, 4.69) is 32.1 Å². The molecule has 1 saturated heterocycles. The maximum atomic E-state index is 12.7. The van der Waals surface area contributed by atoms with Crippen LogP contribution in [0.4, 0.5) is 28.9 Å². The number of anilines is 2. The summed E-state index contributed by atoms with van der Waals surface area (Å²) < 4.78 is 58.8. The van der Waals surface area contributed by atoms with E-state index in [-0.39, 0.29) is 17.4 Å². The first-order valence-corrected chi connectivity index (χ1v) is 10.4. The van der Waals surface area contributed by atoms with Crippen LogP contribution in [-0.4, -0.2) is 50.2 Å². The van der Waals surface area contributed by atoms with E-state index in [1.165, 1.54) is 18.2 Å². The summed E-state index contributed by atoms with van der Waals surface area (Å²) >= 11 is 0. The number of piperidine rings is 1. The Hall–Kier alpha value is -3.27. The van der Waals surface area contributed by atoms with E-state index in [4.69, 9.17) is 0 Å². The van der Waals surface area contributed by atoms with Crippen molar-refractivity contribution in [3.05, 3.63) is 54.1 Å². The van der Waals surface area contributed by atoms with Crippen LogP contribution in [0, 0.1) is 0 Å². The van der Waals surface area contributed by atoms with E-state index in [0.717, 1.165) is 43.8 Å². The third-order valence-electron chi connectivity index (χ3n) is 5.10. The molecule has 6 nitrogen and oxygen atoms in total. The number of hydrogen-bond donors (Lipinski definition) is 2. The van der Waals surface area contributed by atoms with Gasteiger partial charge in [0.25, 0.3) is 0 Å². The van der Waals surface area contributed by atoms with Gasteiger partial charge in [-0.05, 0) is 63.3 Å². The molecule has 0 aromatic heterocycles. The summed E-state index contributed by atoms with van der Waals surface area (Å²) in [5.74, 6) is -1.23. The number of carbonyl (C=O) groups is 1. The van der Waals surface area contributed by atoms with Gasteiger partial charge in [0.05, 0.1) is 11.4 Å². The fourth-order valence-corrected chi connectivity index (χ4v) is 3.46. The van der Waals surface area contributed by atoms with Crippen molar-refractivity contribution < 1.29 is 31.8 Å². The molecule has 0 radical (unpaired) electrons. The first kappa shape index (κ1) is 24.4. The molecule has 0 aliphatic carbocycles. The van der Waals surface area contributed by atoms with Gasteiger partial charge in [0.1, 0.15) is 11.5 Å². The standard InChI is InChI=1S/C23H25F4N3O3/c1-30-12-10-16(11-13-30)28-18-4-2-3-5-19(18)29-21(31)9-7-15-6-8-17(32-22(24)25)14-20(15)33-23(26)27/h2-9,14,16,22-23,28H,10-13H2,1H3,(H,29,31). The molecule has 0 unspecified atom stereocenters. The van der Waals surface area contributed by atoms with Crippen molar-refractivity contribution in [2.24, 2.45) is 0 Å². The summed E-state index contributed by atoms with van der Waals surface area (Å²) in [7, 11) is 2.08. The van der Waals surface area contributed by atoms with Gasteiger partial charge in [0.15, 0.2) is 0 Å². The third kappa shape index (κ3) is 7.67. The van der Waals surface area contributed by atoms with Gasteiger partial charge in [-0.3, -0.25) is 4.79 Å². The van der Waals surface area contributed by atoms with Crippen LogP contribution in [0.1, 0.15) is 18.4 Å². The van der Waals surface area contributed by atoms with E-state index >= 15 is 0 Å². The van der Waals surface area contributed by atoms with Crippen molar-refractivity contribution in [2.45, 2.75) is 32.1 Å². The molecule has 1 aliphatic rings. The van der Waals surface area contributed by atoms with Crippen molar-refractivity contribution in [2.75, 3.05) is 30.8 Å². The zero-order chi connectivity index (χ0) is 23.8. The van der Waals surface area contributed by atoms with E-state index in [1.54, 1.807) is 12.1 Å². The lowest BCUT2D eigenvalue weighted by molar-refractivity contribution is -0.111. The summed E-state index contributed by atoms with van der Waals surface area (Å²) in [4.78, 5) is 14.7. The van der Waals surface area contributed by atoms with Gasteiger partial charge in [-0.15, -0.1) is 0 Å². The number of para-hydroxylation sites is 2. The topological polar surface area (TPSA) is 62.8 Å². The minimum atomic E-state index is -3.18. The quantitative estimate of drug-likeness (QED) is 0.399. The summed E-state index contributed by atoms with van der Waals surface area (Å²) in [5.41, 5.74) is 1.46. The Morgan fingerprint density at radius 2 is 1.70 bits per heavy atom. The highest BCUT2D eigenvalue weighted by Gasteiger charge is 2.18.